The maximum absolute atomic E-state index is 9.51. The highest BCUT2D eigenvalue weighted by atomic mass is 16.3. The lowest BCUT2D eigenvalue weighted by Crippen LogP contribution is -2.67. The van der Waals surface area contributed by atoms with Crippen molar-refractivity contribution in [1.29, 1.82) is 0 Å². The van der Waals surface area contributed by atoms with Gasteiger partial charge in [-0.25, -0.2) is 5.43 Å². The topological polar surface area (TPSA) is 82.3 Å². The van der Waals surface area contributed by atoms with Crippen molar-refractivity contribution >= 4 is 0 Å². The molecule has 2 saturated heterocycles. The van der Waals surface area contributed by atoms with Gasteiger partial charge in [0.25, 0.3) is 0 Å². The summed E-state index contributed by atoms with van der Waals surface area (Å²) in [6.07, 6.45) is 0.500. The van der Waals surface area contributed by atoms with E-state index in [-0.39, 0.29) is 12.1 Å². The number of aliphatic hydroxyl groups excluding tert-OH is 1. The van der Waals surface area contributed by atoms with E-state index >= 15 is 0 Å². The standard InChI is InChI=1S/C7H16N4O/c8-5-1-4-2-10-11-7(12)6(4)9-3-5/h4-7,9-12H,1-3,8H2. The molecule has 0 aromatic heterocycles. The molecule has 4 atom stereocenters. The van der Waals surface area contributed by atoms with E-state index in [1.54, 1.807) is 0 Å². The van der Waals surface area contributed by atoms with Gasteiger partial charge in [-0.05, 0) is 12.3 Å². The maximum atomic E-state index is 9.51. The fourth-order valence-corrected chi connectivity index (χ4v) is 2.04. The molecule has 0 amide bonds. The number of hydrogen-bond acceptors (Lipinski definition) is 5. The molecule has 4 unspecified atom stereocenters. The van der Waals surface area contributed by atoms with Gasteiger partial charge >= 0.3 is 0 Å². The van der Waals surface area contributed by atoms with E-state index in [1.807, 2.05) is 0 Å². The van der Waals surface area contributed by atoms with Crippen LogP contribution in [0.15, 0.2) is 0 Å². The van der Waals surface area contributed by atoms with Crippen LogP contribution in [-0.2, 0) is 0 Å². The number of hydrazine groups is 1. The predicted molar refractivity (Wildman–Crippen MR) is 45.0 cm³/mol. The number of aliphatic hydroxyl groups is 1. The molecular weight excluding hydrogens is 156 g/mol. The number of nitrogens with two attached hydrogens (primary N) is 1. The minimum absolute atomic E-state index is 0.158. The zero-order valence-electron chi connectivity index (χ0n) is 6.96. The lowest BCUT2D eigenvalue weighted by molar-refractivity contribution is 0.00821. The largest absolute Gasteiger partial charge is 0.376 e. The first-order valence-electron chi connectivity index (χ1n) is 4.43. The average Bonchev–Trinajstić information content (AvgIpc) is 2.04. The van der Waals surface area contributed by atoms with E-state index in [1.165, 1.54) is 0 Å². The van der Waals surface area contributed by atoms with Crippen LogP contribution in [0.3, 0.4) is 0 Å². The summed E-state index contributed by atoms with van der Waals surface area (Å²) in [7, 11) is 0. The highest BCUT2D eigenvalue weighted by molar-refractivity contribution is 4.93. The summed E-state index contributed by atoms with van der Waals surface area (Å²) in [5.74, 6) is 0.449. The van der Waals surface area contributed by atoms with Gasteiger partial charge in [-0.3, -0.25) is 5.43 Å². The number of rotatable bonds is 0. The first-order chi connectivity index (χ1) is 5.77. The molecule has 2 fully saturated rings. The molecule has 0 radical (unpaired) electrons. The van der Waals surface area contributed by atoms with Crippen molar-refractivity contribution in [3.63, 3.8) is 0 Å². The first kappa shape index (κ1) is 8.40. The second-order valence-electron chi connectivity index (χ2n) is 3.66. The van der Waals surface area contributed by atoms with Crippen molar-refractivity contribution in [3.8, 4) is 0 Å². The van der Waals surface area contributed by atoms with Crippen molar-refractivity contribution in [2.45, 2.75) is 24.7 Å². The predicted octanol–water partition coefficient (Wildman–Crippen LogP) is -2.28. The lowest BCUT2D eigenvalue weighted by Gasteiger charge is -2.42. The maximum Gasteiger partial charge on any atom is 0.132 e. The lowest BCUT2D eigenvalue weighted by atomic mass is 9.86. The Labute approximate surface area is 71.7 Å². The normalized spacial score (nSPS) is 48.5. The van der Waals surface area contributed by atoms with Crippen LogP contribution >= 0.6 is 0 Å². The summed E-state index contributed by atoms with van der Waals surface area (Å²) < 4.78 is 0. The molecule has 2 aliphatic rings. The quantitative estimate of drug-likeness (QED) is 0.284. The summed E-state index contributed by atoms with van der Waals surface area (Å²) in [4.78, 5) is 0. The van der Waals surface area contributed by atoms with Crippen LogP contribution in [0, 0.1) is 5.92 Å². The van der Waals surface area contributed by atoms with E-state index in [4.69, 9.17) is 5.73 Å². The first-order valence-corrected chi connectivity index (χ1v) is 4.43. The fraction of sp³-hybridized carbons (Fsp3) is 1.00. The van der Waals surface area contributed by atoms with Crippen molar-refractivity contribution in [2.24, 2.45) is 11.7 Å². The van der Waals surface area contributed by atoms with Crippen LogP contribution in [-0.4, -0.2) is 36.5 Å². The third-order valence-electron chi connectivity index (χ3n) is 2.68. The van der Waals surface area contributed by atoms with E-state index < -0.39 is 6.23 Å². The Bertz CT molecular complexity index is 165. The van der Waals surface area contributed by atoms with Gasteiger partial charge in [0.15, 0.2) is 0 Å². The van der Waals surface area contributed by atoms with Crippen LogP contribution in [0.4, 0.5) is 0 Å². The minimum atomic E-state index is -0.490. The Balaban J connectivity index is 1.99. The van der Waals surface area contributed by atoms with Crippen LogP contribution in [0.25, 0.3) is 0 Å². The van der Waals surface area contributed by atoms with E-state index in [9.17, 15) is 5.11 Å². The SMILES string of the molecule is NC1CNC2C(CNNC2O)C1. The zero-order chi connectivity index (χ0) is 8.55. The summed E-state index contributed by atoms with van der Waals surface area (Å²) in [5.41, 5.74) is 11.6. The fourth-order valence-electron chi connectivity index (χ4n) is 2.04. The van der Waals surface area contributed by atoms with E-state index in [0.717, 1.165) is 19.5 Å². The van der Waals surface area contributed by atoms with Crippen molar-refractivity contribution in [1.82, 2.24) is 16.2 Å². The molecule has 2 aliphatic heterocycles. The van der Waals surface area contributed by atoms with Gasteiger partial charge in [0.05, 0.1) is 6.04 Å². The van der Waals surface area contributed by atoms with Crippen LogP contribution in [0.2, 0.25) is 0 Å². The van der Waals surface area contributed by atoms with Gasteiger partial charge in [0.2, 0.25) is 0 Å². The van der Waals surface area contributed by atoms with Crippen molar-refractivity contribution < 1.29 is 5.11 Å². The Hall–Kier alpha value is -0.200. The summed E-state index contributed by atoms with van der Waals surface area (Å²) >= 11 is 0. The molecule has 6 N–H and O–H groups in total. The molecule has 0 saturated carbocycles. The number of fused-ring (bicyclic) bond motifs is 1. The third kappa shape index (κ3) is 1.46. The summed E-state index contributed by atoms with van der Waals surface area (Å²) in [6, 6.07) is 0.393. The van der Waals surface area contributed by atoms with Crippen molar-refractivity contribution in [3.05, 3.63) is 0 Å². The molecule has 2 rings (SSSR count). The molecule has 5 nitrogen and oxygen atoms in total. The highest BCUT2D eigenvalue weighted by Crippen LogP contribution is 2.18. The number of hydrogen-bond donors (Lipinski definition) is 5. The smallest absolute Gasteiger partial charge is 0.132 e. The molecular formula is C7H16N4O. The molecule has 0 aromatic rings. The summed E-state index contributed by atoms with van der Waals surface area (Å²) in [5, 5.41) is 12.8. The van der Waals surface area contributed by atoms with Gasteiger partial charge in [-0.2, -0.15) is 0 Å². The molecule has 0 aliphatic carbocycles. The van der Waals surface area contributed by atoms with Gasteiger partial charge in [0.1, 0.15) is 6.23 Å². The molecule has 12 heavy (non-hydrogen) atoms. The number of nitrogens with one attached hydrogen (secondary N) is 3. The van der Waals surface area contributed by atoms with E-state index in [2.05, 4.69) is 16.2 Å². The summed E-state index contributed by atoms with van der Waals surface area (Å²) in [6.45, 7) is 1.68. The second kappa shape index (κ2) is 3.27. The number of piperidine rings is 1. The second-order valence-corrected chi connectivity index (χ2v) is 3.66. The van der Waals surface area contributed by atoms with Gasteiger partial charge in [-0.1, -0.05) is 0 Å². The molecule has 0 aromatic carbocycles. The zero-order valence-corrected chi connectivity index (χ0v) is 6.96. The molecule has 0 bridgehead atoms. The van der Waals surface area contributed by atoms with Crippen LogP contribution in [0.5, 0.6) is 0 Å². The van der Waals surface area contributed by atoms with Gasteiger partial charge in [0, 0.05) is 19.1 Å². The van der Waals surface area contributed by atoms with Crippen molar-refractivity contribution in [2.75, 3.05) is 13.1 Å². The molecule has 70 valence electrons. The Morgan fingerprint density at radius 1 is 1.33 bits per heavy atom. The Morgan fingerprint density at radius 3 is 3.00 bits per heavy atom. The van der Waals surface area contributed by atoms with Crippen LogP contribution in [0.1, 0.15) is 6.42 Å². The van der Waals surface area contributed by atoms with Crippen LogP contribution < -0.4 is 21.9 Å². The average molecular weight is 172 g/mol. The van der Waals surface area contributed by atoms with Gasteiger partial charge in [-0.15, -0.1) is 0 Å². The van der Waals surface area contributed by atoms with E-state index in [0.29, 0.717) is 5.92 Å². The monoisotopic (exact) mass is 172 g/mol. The highest BCUT2D eigenvalue weighted by Gasteiger charge is 2.35. The van der Waals surface area contributed by atoms with Gasteiger partial charge < -0.3 is 16.2 Å². The molecule has 2 heterocycles. The third-order valence-corrected chi connectivity index (χ3v) is 2.68. The minimum Gasteiger partial charge on any atom is -0.376 e. The molecule has 5 heteroatoms. The Kier molecular flexibility index (Phi) is 2.29. The molecule has 0 spiro atoms. The Morgan fingerprint density at radius 2 is 2.17 bits per heavy atom.